The van der Waals surface area contributed by atoms with Gasteiger partial charge < -0.3 is 5.32 Å². The minimum absolute atomic E-state index is 0.636. The fourth-order valence-electron chi connectivity index (χ4n) is 3.77. The lowest BCUT2D eigenvalue weighted by atomic mass is 9.69. The van der Waals surface area contributed by atoms with Crippen molar-refractivity contribution in [1.82, 2.24) is 5.32 Å². The molecule has 1 fully saturated rings. The van der Waals surface area contributed by atoms with Crippen LogP contribution in [0.5, 0.6) is 0 Å². The average Bonchev–Trinajstić information content (AvgIpc) is 2.35. The third-order valence-electron chi connectivity index (χ3n) is 5.55. The molecule has 0 bridgehead atoms. The summed E-state index contributed by atoms with van der Waals surface area (Å²) in [6.07, 6.45) is 9.91. The van der Waals surface area contributed by atoms with E-state index in [0.717, 1.165) is 17.8 Å². The third kappa shape index (κ3) is 5.45. The van der Waals surface area contributed by atoms with E-state index in [1.165, 1.54) is 58.0 Å². The average molecular weight is 268 g/mol. The summed E-state index contributed by atoms with van der Waals surface area (Å²) in [6, 6.07) is 0. The molecule has 114 valence electrons. The standard InChI is InChI=1S/C18H37N/c1-6-16(11-15(4)5)9-10-18(7-2,8-3)12-17-13-19-14-17/h15-17,19H,6-14H2,1-5H3. The maximum absolute atomic E-state index is 3.43. The Morgan fingerprint density at radius 2 is 1.74 bits per heavy atom. The van der Waals surface area contributed by atoms with Crippen molar-refractivity contribution in [1.29, 1.82) is 0 Å². The number of hydrogen-bond donors (Lipinski definition) is 1. The van der Waals surface area contributed by atoms with Crippen molar-refractivity contribution in [3.05, 3.63) is 0 Å². The normalized spacial score (nSPS) is 18.6. The predicted molar refractivity (Wildman–Crippen MR) is 86.5 cm³/mol. The Kier molecular flexibility index (Phi) is 7.42. The van der Waals surface area contributed by atoms with Gasteiger partial charge in [-0.1, -0.05) is 53.9 Å². The summed E-state index contributed by atoms with van der Waals surface area (Å²) in [5, 5.41) is 3.43. The lowest BCUT2D eigenvalue weighted by molar-refractivity contribution is 0.134. The first-order chi connectivity index (χ1) is 9.05. The Balaban J connectivity index is 2.46. The summed E-state index contributed by atoms with van der Waals surface area (Å²) in [4.78, 5) is 0. The zero-order valence-corrected chi connectivity index (χ0v) is 14.1. The molecule has 1 heteroatoms. The molecule has 1 nitrogen and oxygen atoms in total. The van der Waals surface area contributed by atoms with Crippen molar-refractivity contribution >= 4 is 0 Å². The molecule has 0 aliphatic carbocycles. The molecule has 1 heterocycles. The zero-order valence-electron chi connectivity index (χ0n) is 14.1. The summed E-state index contributed by atoms with van der Waals surface area (Å²) in [5.74, 6) is 2.78. The molecule has 1 saturated heterocycles. The molecule has 0 amide bonds. The highest BCUT2D eigenvalue weighted by atomic mass is 14.9. The van der Waals surface area contributed by atoms with Crippen LogP contribution in [0.15, 0.2) is 0 Å². The Hall–Kier alpha value is -0.0400. The van der Waals surface area contributed by atoms with E-state index in [0.29, 0.717) is 5.41 Å². The maximum atomic E-state index is 3.43. The number of nitrogens with one attached hydrogen (secondary N) is 1. The van der Waals surface area contributed by atoms with E-state index in [4.69, 9.17) is 0 Å². The quantitative estimate of drug-likeness (QED) is 0.569. The van der Waals surface area contributed by atoms with Crippen molar-refractivity contribution in [3.63, 3.8) is 0 Å². The van der Waals surface area contributed by atoms with Crippen LogP contribution in [-0.2, 0) is 0 Å². The van der Waals surface area contributed by atoms with Crippen LogP contribution in [0.4, 0.5) is 0 Å². The highest BCUT2D eigenvalue weighted by Gasteiger charge is 2.32. The number of rotatable bonds is 10. The minimum Gasteiger partial charge on any atom is -0.316 e. The SMILES string of the molecule is CCC(CCC(CC)(CC)CC1CNC1)CC(C)C. The summed E-state index contributed by atoms with van der Waals surface area (Å²) < 4.78 is 0. The van der Waals surface area contributed by atoms with Crippen molar-refractivity contribution in [2.75, 3.05) is 13.1 Å². The van der Waals surface area contributed by atoms with Gasteiger partial charge in [-0.25, -0.2) is 0 Å². The van der Waals surface area contributed by atoms with E-state index in [-0.39, 0.29) is 0 Å². The van der Waals surface area contributed by atoms with E-state index in [9.17, 15) is 0 Å². The summed E-state index contributed by atoms with van der Waals surface area (Å²) >= 11 is 0. The second-order valence-corrected chi connectivity index (χ2v) is 7.38. The topological polar surface area (TPSA) is 12.0 Å². The minimum atomic E-state index is 0.636. The van der Waals surface area contributed by atoms with E-state index in [2.05, 4.69) is 39.9 Å². The molecule has 1 N–H and O–H groups in total. The van der Waals surface area contributed by atoms with Gasteiger partial charge >= 0.3 is 0 Å². The van der Waals surface area contributed by atoms with Crippen LogP contribution < -0.4 is 5.32 Å². The van der Waals surface area contributed by atoms with Gasteiger partial charge in [0.2, 0.25) is 0 Å². The van der Waals surface area contributed by atoms with E-state index in [1.807, 2.05) is 0 Å². The van der Waals surface area contributed by atoms with Crippen molar-refractivity contribution in [2.45, 2.75) is 79.6 Å². The highest BCUT2D eigenvalue weighted by molar-refractivity contribution is 4.86. The fraction of sp³-hybridized carbons (Fsp3) is 1.00. The summed E-state index contributed by atoms with van der Waals surface area (Å²) in [7, 11) is 0. The number of hydrogen-bond acceptors (Lipinski definition) is 1. The van der Waals surface area contributed by atoms with Crippen LogP contribution in [-0.4, -0.2) is 13.1 Å². The molecule has 1 aliphatic rings. The van der Waals surface area contributed by atoms with Crippen LogP contribution in [0, 0.1) is 23.2 Å². The first kappa shape index (κ1) is 17.0. The Morgan fingerprint density at radius 3 is 2.11 bits per heavy atom. The molecular weight excluding hydrogens is 230 g/mol. The maximum Gasteiger partial charge on any atom is -0.000805 e. The van der Waals surface area contributed by atoms with Gasteiger partial charge in [-0.3, -0.25) is 0 Å². The first-order valence-corrected chi connectivity index (χ1v) is 8.76. The molecular formula is C18H37N. The zero-order chi connectivity index (χ0) is 14.3. The molecule has 0 radical (unpaired) electrons. The summed E-state index contributed by atoms with van der Waals surface area (Å²) in [6.45, 7) is 14.5. The van der Waals surface area contributed by atoms with Gasteiger partial charge in [-0.15, -0.1) is 0 Å². The predicted octanol–water partition coefficient (Wildman–Crippen LogP) is 5.25. The fourth-order valence-corrected chi connectivity index (χ4v) is 3.77. The molecule has 1 aliphatic heterocycles. The first-order valence-electron chi connectivity index (χ1n) is 8.76. The lowest BCUT2D eigenvalue weighted by Crippen LogP contribution is -2.44. The molecule has 0 aromatic carbocycles. The van der Waals surface area contributed by atoms with Gasteiger partial charge in [0.25, 0.3) is 0 Å². The molecule has 1 unspecified atom stereocenters. The van der Waals surface area contributed by atoms with Crippen LogP contribution in [0.2, 0.25) is 0 Å². The highest BCUT2D eigenvalue weighted by Crippen LogP contribution is 2.41. The van der Waals surface area contributed by atoms with Crippen LogP contribution in [0.1, 0.15) is 79.6 Å². The molecule has 1 atom stereocenters. The van der Waals surface area contributed by atoms with Gasteiger partial charge in [0.15, 0.2) is 0 Å². The van der Waals surface area contributed by atoms with Gasteiger partial charge in [0.1, 0.15) is 0 Å². The molecule has 19 heavy (non-hydrogen) atoms. The van der Waals surface area contributed by atoms with Gasteiger partial charge in [-0.2, -0.15) is 0 Å². The molecule has 0 saturated carbocycles. The molecule has 0 aromatic rings. The van der Waals surface area contributed by atoms with Crippen molar-refractivity contribution in [3.8, 4) is 0 Å². The molecule has 1 rings (SSSR count). The second kappa shape index (κ2) is 8.29. The van der Waals surface area contributed by atoms with E-state index >= 15 is 0 Å². The monoisotopic (exact) mass is 267 g/mol. The van der Waals surface area contributed by atoms with Crippen LogP contribution >= 0.6 is 0 Å². The lowest BCUT2D eigenvalue weighted by Gasteiger charge is -2.40. The van der Waals surface area contributed by atoms with Crippen LogP contribution in [0.3, 0.4) is 0 Å². The van der Waals surface area contributed by atoms with Gasteiger partial charge in [-0.05, 0) is 61.9 Å². The third-order valence-corrected chi connectivity index (χ3v) is 5.55. The molecule has 0 spiro atoms. The van der Waals surface area contributed by atoms with Crippen molar-refractivity contribution < 1.29 is 0 Å². The van der Waals surface area contributed by atoms with Crippen molar-refractivity contribution in [2.24, 2.45) is 23.2 Å². The Labute approximate surface area is 121 Å². The molecule has 0 aromatic heterocycles. The van der Waals surface area contributed by atoms with E-state index < -0.39 is 0 Å². The second-order valence-electron chi connectivity index (χ2n) is 7.38. The van der Waals surface area contributed by atoms with E-state index in [1.54, 1.807) is 0 Å². The smallest absolute Gasteiger partial charge is 0.000805 e. The largest absolute Gasteiger partial charge is 0.316 e. The van der Waals surface area contributed by atoms with Gasteiger partial charge in [0.05, 0.1) is 0 Å². The summed E-state index contributed by atoms with van der Waals surface area (Å²) in [5.41, 5.74) is 0.636. The Morgan fingerprint density at radius 1 is 1.11 bits per heavy atom. The Bertz CT molecular complexity index is 226. The van der Waals surface area contributed by atoms with Crippen LogP contribution in [0.25, 0.3) is 0 Å². The van der Waals surface area contributed by atoms with Gasteiger partial charge in [0, 0.05) is 0 Å².